The molecule has 0 aliphatic rings. The van der Waals surface area contributed by atoms with Crippen molar-refractivity contribution in [2.24, 2.45) is 0 Å². The first-order valence-electron chi connectivity index (χ1n) is 10.5. The first kappa shape index (κ1) is 20.1. The highest BCUT2D eigenvalue weighted by Gasteiger charge is 2.18. The lowest BCUT2D eigenvalue weighted by atomic mass is 9.87. The lowest BCUT2D eigenvalue weighted by Gasteiger charge is -2.19. The molecule has 0 spiro atoms. The summed E-state index contributed by atoms with van der Waals surface area (Å²) in [6, 6.07) is 16.0. The maximum Gasteiger partial charge on any atom is 0.256 e. The molecule has 4 aromatic rings. The van der Waals surface area contributed by atoms with Gasteiger partial charge in [0.15, 0.2) is 11.5 Å². The van der Waals surface area contributed by atoms with Crippen molar-refractivity contribution in [1.29, 1.82) is 0 Å². The average molecular weight is 401 g/mol. The highest BCUT2D eigenvalue weighted by molar-refractivity contribution is 6.08. The van der Waals surface area contributed by atoms with Crippen molar-refractivity contribution in [2.45, 2.75) is 53.0 Å². The van der Waals surface area contributed by atoms with Crippen molar-refractivity contribution in [3.05, 3.63) is 65.2 Å². The highest BCUT2D eigenvalue weighted by atomic mass is 16.1. The Morgan fingerprint density at radius 1 is 1.07 bits per heavy atom. The Kier molecular flexibility index (Phi) is 5.06. The van der Waals surface area contributed by atoms with Gasteiger partial charge in [-0.25, -0.2) is 9.67 Å². The molecule has 0 saturated carbocycles. The Morgan fingerprint density at radius 3 is 2.47 bits per heavy atom. The van der Waals surface area contributed by atoms with Crippen LogP contribution in [0.4, 0.5) is 5.82 Å². The van der Waals surface area contributed by atoms with Crippen LogP contribution in [-0.4, -0.2) is 20.7 Å². The summed E-state index contributed by atoms with van der Waals surface area (Å²) in [6.45, 7) is 11.4. The van der Waals surface area contributed by atoms with E-state index in [1.165, 1.54) is 11.1 Å². The molecule has 0 atom stereocenters. The SMILES string of the molecule is CCCn1nc(NC(=O)c2ccc(C(C)(C)C)cc2)c2cc3cc(C)ccc3nc21. The van der Waals surface area contributed by atoms with Gasteiger partial charge in [0, 0.05) is 17.5 Å². The molecule has 154 valence electrons. The number of anilines is 1. The van der Waals surface area contributed by atoms with Crippen LogP contribution >= 0.6 is 0 Å². The second-order valence-corrected chi connectivity index (χ2v) is 8.91. The average Bonchev–Trinajstić information content (AvgIpc) is 3.02. The van der Waals surface area contributed by atoms with Gasteiger partial charge in [0.25, 0.3) is 5.91 Å². The van der Waals surface area contributed by atoms with Crippen LogP contribution in [0.5, 0.6) is 0 Å². The molecular weight excluding hydrogens is 372 g/mol. The van der Waals surface area contributed by atoms with Gasteiger partial charge in [-0.3, -0.25) is 4.79 Å². The fourth-order valence-electron chi connectivity index (χ4n) is 3.64. The molecule has 0 aliphatic carbocycles. The molecule has 2 aromatic heterocycles. The Hall–Kier alpha value is -3.21. The number of hydrogen-bond acceptors (Lipinski definition) is 3. The van der Waals surface area contributed by atoms with Gasteiger partial charge in [0.2, 0.25) is 0 Å². The van der Waals surface area contributed by atoms with E-state index in [2.05, 4.69) is 63.2 Å². The van der Waals surface area contributed by atoms with Gasteiger partial charge in [0.05, 0.1) is 10.9 Å². The first-order chi connectivity index (χ1) is 14.3. The van der Waals surface area contributed by atoms with Crippen molar-refractivity contribution in [2.75, 3.05) is 5.32 Å². The Bertz CT molecular complexity index is 1230. The van der Waals surface area contributed by atoms with Crippen molar-refractivity contribution in [3.63, 3.8) is 0 Å². The fourth-order valence-corrected chi connectivity index (χ4v) is 3.64. The third kappa shape index (κ3) is 3.80. The standard InChI is InChI=1S/C25H28N4O/c1-6-13-29-23-20(15-18-14-16(2)7-12-21(18)26-23)22(28-29)27-24(30)17-8-10-19(11-9-17)25(3,4)5/h7-12,14-15H,6,13H2,1-5H3,(H,27,28,30). The van der Waals surface area contributed by atoms with Gasteiger partial charge in [-0.1, -0.05) is 51.5 Å². The van der Waals surface area contributed by atoms with Crippen LogP contribution in [0, 0.1) is 6.92 Å². The summed E-state index contributed by atoms with van der Waals surface area (Å²) in [5.41, 5.74) is 4.77. The van der Waals surface area contributed by atoms with E-state index in [9.17, 15) is 4.79 Å². The monoisotopic (exact) mass is 400 g/mol. The molecule has 4 rings (SSSR count). The quantitative estimate of drug-likeness (QED) is 0.467. The Balaban J connectivity index is 1.73. The first-order valence-corrected chi connectivity index (χ1v) is 10.5. The molecule has 5 nitrogen and oxygen atoms in total. The molecule has 0 bridgehead atoms. The maximum atomic E-state index is 12.9. The summed E-state index contributed by atoms with van der Waals surface area (Å²) in [5, 5.41) is 9.58. The number of nitrogens with zero attached hydrogens (tertiary/aromatic N) is 3. The molecule has 2 aromatic carbocycles. The van der Waals surface area contributed by atoms with E-state index in [0.29, 0.717) is 11.4 Å². The number of carbonyl (C=O) groups excluding carboxylic acids is 1. The minimum atomic E-state index is -0.164. The Labute approximate surface area is 177 Å². The zero-order valence-electron chi connectivity index (χ0n) is 18.3. The maximum absolute atomic E-state index is 12.9. The van der Waals surface area contributed by atoms with Crippen LogP contribution in [0.3, 0.4) is 0 Å². The molecule has 0 aliphatic heterocycles. The minimum Gasteiger partial charge on any atom is -0.305 e. The number of pyridine rings is 1. The van der Waals surface area contributed by atoms with E-state index in [4.69, 9.17) is 4.98 Å². The summed E-state index contributed by atoms with van der Waals surface area (Å²) < 4.78 is 1.88. The zero-order valence-corrected chi connectivity index (χ0v) is 18.3. The summed E-state index contributed by atoms with van der Waals surface area (Å²) in [7, 11) is 0. The van der Waals surface area contributed by atoms with Crippen molar-refractivity contribution >= 4 is 33.7 Å². The van der Waals surface area contributed by atoms with Gasteiger partial charge in [0.1, 0.15) is 0 Å². The molecule has 2 heterocycles. The van der Waals surface area contributed by atoms with E-state index in [-0.39, 0.29) is 11.3 Å². The van der Waals surface area contributed by atoms with Gasteiger partial charge >= 0.3 is 0 Å². The molecular formula is C25H28N4O. The molecule has 0 unspecified atom stereocenters. The van der Waals surface area contributed by atoms with E-state index in [1.807, 2.05) is 35.0 Å². The molecule has 0 fully saturated rings. The van der Waals surface area contributed by atoms with E-state index in [0.717, 1.165) is 34.9 Å². The normalized spacial score (nSPS) is 11.9. The van der Waals surface area contributed by atoms with Crippen LogP contribution in [0.25, 0.3) is 21.9 Å². The minimum absolute atomic E-state index is 0.0506. The fraction of sp³-hybridized carbons (Fsp3) is 0.320. The summed E-state index contributed by atoms with van der Waals surface area (Å²) >= 11 is 0. The van der Waals surface area contributed by atoms with E-state index in [1.54, 1.807) is 0 Å². The smallest absolute Gasteiger partial charge is 0.256 e. The second-order valence-electron chi connectivity index (χ2n) is 8.91. The lowest BCUT2D eigenvalue weighted by molar-refractivity contribution is 0.102. The third-order valence-corrected chi connectivity index (χ3v) is 5.35. The van der Waals surface area contributed by atoms with Gasteiger partial charge in [-0.2, -0.15) is 5.10 Å². The number of amides is 1. The second kappa shape index (κ2) is 7.56. The summed E-state index contributed by atoms with van der Waals surface area (Å²) in [6.07, 6.45) is 0.937. The lowest BCUT2D eigenvalue weighted by Crippen LogP contribution is -2.15. The van der Waals surface area contributed by atoms with Crippen molar-refractivity contribution in [3.8, 4) is 0 Å². The Morgan fingerprint density at radius 2 is 1.80 bits per heavy atom. The van der Waals surface area contributed by atoms with Crippen LogP contribution < -0.4 is 5.32 Å². The largest absolute Gasteiger partial charge is 0.305 e. The van der Waals surface area contributed by atoms with Crippen LogP contribution in [0.15, 0.2) is 48.5 Å². The van der Waals surface area contributed by atoms with Gasteiger partial charge in [-0.05, 0) is 54.7 Å². The number of carbonyl (C=O) groups is 1. The number of aryl methyl sites for hydroxylation is 2. The van der Waals surface area contributed by atoms with E-state index >= 15 is 0 Å². The molecule has 30 heavy (non-hydrogen) atoms. The summed E-state index contributed by atoms with van der Waals surface area (Å²) in [5.74, 6) is 0.391. The zero-order chi connectivity index (χ0) is 21.5. The topological polar surface area (TPSA) is 59.8 Å². The molecule has 0 saturated heterocycles. The highest BCUT2D eigenvalue weighted by Crippen LogP contribution is 2.27. The number of fused-ring (bicyclic) bond motifs is 2. The van der Waals surface area contributed by atoms with Crippen molar-refractivity contribution < 1.29 is 4.79 Å². The van der Waals surface area contributed by atoms with E-state index < -0.39 is 0 Å². The number of benzene rings is 2. The third-order valence-electron chi connectivity index (χ3n) is 5.35. The predicted molar refractivity (Wildman–Crippen MR) is 123 cm³/mol. The van der Waals surface area contributed by atoms with Crippen molar-refractivity contribution in [1.82, 2.24) is 14.8 Å². The van der Waals surface area contributed by atoms with Gasteiger partial charge in [-0.15, -0.1) is 0 Å². The van der Waals surface area contributed by atoms with Crippen LogP contribution in [0.2, 0.25) is 0 Å². The molecule has 5 heteroatoms. The van der Waals surface area contributed by atoms with Crippen LogP contribution in [-0.2, 0) is 12.0 Å². The number of hydrogen-bond donors (Lipinski definition) is 1. The number of rotatable bonds is 4. The van der Waals surface area contributed by atoms with Gasteiger partial charge < -0.3 is 5.32 Å². The number of nitrogens with one attached hydrogen (secondary N) is 1. The molecule has 1 N–H and O–H groups in total. The van der Waals surface area contributed by atoms with Crippen LogP contribution in [0.1, 0.15) is 55.6 Å². The number of aromatic nitrogens is 3. The predicted octanol–water partition coefficient (Wildman–Crippen LogP) is 5.85. The molecule has 0 radical (unpaired) electrons. The molecule has 1 amide bonds. The summed E-state index contributed by atoms with van der Waals surface area (Å²) in [4.78, 5) is 17.7.